The van der Waals surface area contributed by atoms with E-state index in [2.05, 4.69) is 22.3 Å². The van der Waals surface area contributed by atoms with Crippen LogP contribution in [0, 0.1) is 17.1 Å². The monoisotopic (exact) mass is 323 g/mol. The second-order valence-corrected chi connectivity index (χ2v) is 6.79. The molecule has 0 spiro atoms. The fraction of sp³-hybridized carbons (Fsp3) is 0.350. The number of rotatable bonds is 5. The summed E-state index contributed by atoms with van der Waals surface area (Å²) in [5.41, 5.74) is 3.78. The van der Waals surface area contributed by atoms with E-state index in [-0.39, 0.29) is 5.82 Å². The van der Waals surface area contributed by atoms with Crippen LogP contribution in [0.3, 0.4) is 0 Å². The van der Waals surface area contributed by atoms with Crippen LogP contribution in [-0.2, 0) is 0 Å². The molecular weight excluding hydrogens is 301 g/mol. The molecule has 2 aromatic rings. The molecular formula is C20H22FN3. The van der Waals surface area contributed by atoms with Crippen molar-refractivity contribution in [3.63, 3.8) is 0 Å². The summed E-state index contributed by atoms with van der Waals surface area (Å²) in [7, 11) is 0. The number of halogens is 1. The van der Waals surface area contributed by atoms with Crippen LogP contribution in [0.1, 0.15) is 31.2 Å². The highest BCUT2D eigenvalue weighted by Gasteiger charge is 2.38. The van der Waals surface area contributed by atoms with Gasteiger partial charge in [0.2, 0.25) is 0 Å². The molecule has 0 radical (unpaired) electrons. The summed E-state index contributed by atoms with van der Waals surface area (Å²) in [6.07, 6.45) is 6.67. The third kappa shape index (κ3) is 3.01. The van der Waals surface area contributed by atoms with Gasteiger partial charge in [-0.1, -0.05) is 0 Å². The van der Waals surface area contributed by atoms with Crippen LogP contribution in [0.4, 0.5) is 21.5 Å². The fourth-order valence-electron chi connectivity index (χ4n) is 3.73. The third-order valence-electron chi connectivity index (χ3n) is 5.11. The average Bonchev–Trinajstić information content (AvgIpc) is 3.34. The molecule has 2 aliphatic rings. The smallest absolute Gasteiger partial charge is 0.123 e. The topological polar surface area (TPSA) is 39.1 Å². The van der Waals surface area contributed by atoms with Crippen molar-refractivity contribution >= 4 is 23.3 Å². The van der Waals surface area contributed by atoms with Gasteiger partial charge >= 0.3 is 0 Å². The Kier molecular flexibility index (Phi) is 3.97. The van der Waals surface area contributed by atoms with Crippen molar-refractivity contribution in [1.29, 1.82) is 5.41 Å². The van der Waals surface area contributed by atoms with Crippen LogP contribution >= 0.6 is 0 Å². The summed E-state index contributed by atoms with van der Waals surface area (Å²) in [5, 5.41) is 11.0. The molecule has 2 fully saturated rings. The van der Waals surface area contributed by atoms with Crippen LogP contribution in [0.25, 0.3) is 0 Å². The molecule has 1 saturated carbocycles. The molecule has 0 bridgehead atoms. The van der Waals surface area contributed by atoms with Crippen molar-refractivity contribution < 1.29 is 4.39 Å². The van der Waals surface area contributed by atoms with Gasteiger partial charge in [-0.05, 0) is 74.1 Å². The van der Waals surface area contributed by atoms with E-state index in [1.54, 1.807) is 12.1 Å². The summed E-state index contributed by atoms with van der Waals surface area (Å²) in [6, 6.07) is 13.2. The lowest BCUT2D eigenvalue weighted by molar-refractivity contribution is 0.592. The molecule has 4 heteroatoms. The van der Waals surface area contributed by atoms with E-state index in [1.165, 1.54) is 49.7 Å². The van der Waals surface area contributed by atoms with Gasteiger partial charge in [-0.25, -0.2) is 4.39 Å². The first-order chi connectivity index (χ1) is 11.7. The molecule has 3 nitrogen and oxygen atoms in total. The first-order valence-electron chi connectivity index (χ1n) is 8.68. The van der Waals surface area contributed by atoms with Gasteiger partial charge in [0, 0.05) is 41.4 Å². The maximum Gasteiger partial charge on any atom is 0.123 e. The molecule has 1 saturated heterocycles. The van der Waals surface area contributed by atoms with E-state index in [1.807, 2.05) is 6.07 Å². The average molecular weight is 323 g/mol. The molecule has 2 N–H and O–H groups in total. The van der Waals surface area contributed by atoms with Crippen molar-refractivity contribution in [2.75, 3.05) is 16.8 Å². The number of hydrogen-bond acceptors (Lipinski definition) is 3. The molecule has 124 valence electrons. The molecule has 1 atom stereocenters. The number of hydrogen-bond donors (Lipinski definition) is 2. The van der Waals surface area contributed by atoms with Crippen LogP contribution in [0.2, 0.25) is 0 Å². The highest BCUT2D eigenvalue weighted by molar-refractivity contribution is 5.89. The predicted molar refractivity (Wildman–Crippen MR) is 97.1 cm³/mol. The van der Waals surface area contributed by atoms with Gasteiger partial charge < -0.3 is 15.6 Å². The Bertz CT molecular complexity index is 737. The zero-order chi connectivity index (χ0) is 16.5. The number of nitrogens with zero attached hydrogens (tertiary/aromatic N) is 1. The maximum atomic E-state index is 13.0. The zero-order valence-electron chi connectivity index (χ0n) is 13.6. The SMILES string of the molecule is N=Cc1cc(N2CCC[C@H]2C2CC2)ccc1Nc1ccc(F)cc1. The van der Waals surface area contributed by atoms with Gasteiger partial charge in [-0.2, -0.15) is 0 Å². The Morgan fingerprint density at radius 2 is 1.88 bits per heavy atom. The van der Waals surface area contributed by atoms with Crippen molar-refractivity contribution in [3.8, 4) is 0 Å². The van der Waals surface area contributed by atoms with Crippen molar-refractivity contribution in [2.24, 2.45) is 5.92 Å². The first kappa shape index (κ1) is 15.2. The summed E-state index contributed by atoms with van der Waals surface area (Å²) >= 11 is 0. The Morgan fingerprint density at radius 3 is 2.58 bits per heavy atom. The molecule has 2 aromatic carbocycles. The van der Waals surface area contributed by atoms with E-state index in [4.69, 9.17) is 5.41 Å². The standard InChI is InChI=1S/C20H22FN3/c21-16-5-7-17(8-6-16)23-19-10-9-18(12-15(19)13-22)24-11-1-2-20(24)14-3-4-14/h5-10,12-14,20,22-23H,1-4,11H2/t20-/m0/s1. The predicted octanol–water partition coefficient (Wildman–Crippen LogP) is 4.95. The minimum atomic E-state index is -0.247. The largest absolute Gasteiger partial charge is 0.368 e. The Labute approximate surface area is 142 Å². The minimum Gasteiger partial charge on any atom is -0.368 e. The Balaban J connectivity index is 1.58. The van der Waals surface area contributed by atoms with Crippen LogP contribution in [0.15, 0.2) is 42.5 Å². The summed E-state index contributed by atoms with van der Waals surface area (Å²) in [6.45, 7) is 1.11. The minimum absolute atomic E-state index is 0.247. The van der Waals surface area contributed by atoms with Crippen LogP contribution in [-0.4, -0.2) is 18.8 Å². The van der Waals surface area contributed by atoms with Gasteiger partial charge in [0.25, 0.3) is 0 Å². The lowest BCUT2D eigenvalue weighted by Crippen LogP contribution is -2.30. The van der Waals surface area contributed by atoms with E-state index in [0.29, 0.717) is 6.04 Å². The molecule has 1 aliphatic carbocycles. The zero-order valence-corrected chi connectivity index (χ0v) is 13.6. The van der Waals surface area contributed by atoms with Gasteiger partial charge in [0.1, 0.15) is 5.82 Å². The Morgan fingerprint density at radius 1 is 1.08 bits per heavy atom. The summed E-state index contributed by atoms with van der Waals surface area (Å²) in [5.74, 6) is 0.622. The van der Waals surface area contributed by atoms with Crippen molar-refractivity contribution in [1.82, 2.24) is 0 Å². The molecule has 0 aromatic heterocycles. The van der Waals surface area contributed by atoms with E-state index >= 15 is 0 Å². The molecule has 1 heterocycles. The maximum absolute atomic E-state index is 13.0. The first-order valence-corrected chi connectivity index (χ1v) is 8.68. The van der Waals surface area contributed by atoms with Crippen molar-refractivity contribution in [3.05, 3.63) is 53.8 Å². The summed E-state index contributed by atoms with van der Waals surface area (Å²) < 4.78 is 13.0. The molecule has 0 unspecified atom stereocenters. The molecule has 0 amide bonds. The second-order valence-electron chi connectivity index (χ2n) is 6.79. The fourth-order valence-corrected chi connectivity index (χ4v) is 3.73. The van der Waals surface area contributed by atoms with E-state index in [9.17, 15) is 4.39 Å². The van der Waals surface area contributed by atoms with Gasteiger partial charge in [0.05, 0.1) is 0 Å². The normalized spacial score (nSPS) is 20.2. The van der Waals surface area contributed by atoms with Gasteiger partial charge in [-0.3, -0.25) is 0 Å². The highest BCUT2D eigenvalue weighted by Crippen LogP contribution is 2.42. The van der Waals surface area contributed by atoms with Gasteiger partial charge in [0.15, 0.2) is 0 Å². The molecule has 24 heavy (non-hydrogen) atoms. The Hall–Kier alpha value is -2.36. The molecule has 1 aliphatic heterocycles. The van der Waals surface area contributed by atoms with E-state index in [0.717, 1.165) is 29.4 Å². The number of benzene rings is 2. The lowest BCUT2D eigenvalue weighted by atomic mass is 10.1. The third-order valence-corrected chi connectivity index (χ3v) is 5.11. The van der Waals surface area contributed by atoms with Crippen molar-refractivity contribution in [2.45, 2.75) is 31.7 Å². The van der Waals surface area contributed by atoms with Crippen LogP contribution in [0.5, 0.6) is 0 Å². The summed E-state index contributed by atoms with van der Waals surface area (Å²) in [4.78, 5) is 2.52. The van der Waals surface area contributed by atoms with Crippen LogP contribution < -0.4 is 10.2 Å². The number of nitrogens with one attached hydrogen (secondary N) is 2. The second kappa shape index (κ2) is 6.27. The van der Waals surface area contributed by atoms with Gasteiger partial charge in [-0.15, -0.1) is 0 Å². The van der Waals surface area contributed by atoms with E-state index < -0.39 is 0 Å². The number of anilines is 3. The quantitative estimate of drug-likeness (QED) is 0.765. The lowest BCUT2D eigenvalue weighted by Gasteiger charge is -2.27. The highest BCUT2D eigenvalue weighted by atomic mass is 19.1. The molecule has 4 rings (SSSR count).